The largest absolute Gasteiger partial charge is 0.454 e. The van der Waals surface area contributed by atoms with Gasteiger partial charge in [0.1, 0.15) is 5.75 Å². The summed E-state index contributed by atoms with van der Waals surface area (Å²) >= 11 is 0. The smallest absolute Gasteiger partial charge is 0.226 e. The van der Waals surface area contributed by atoms with Crippen molar-refractivity contribution in [1.82, 2.24) is 4.98 Å². The lowest BCUT2D eigenvalue weighted by Gasteiger charge is -2.26. The minimum Gasteiger partial charge on any atom is -0.454 e. The molecule has 6 nitrogen and oxygen atoms in total. The van der Waals surface area contributed by atoms with E-state index in [0.717, 1.165) is 17.3 Å². The van der Waals surface area contributed by atoms with Crippen molar-refractivity contribution in [2.75, 3.05) is 11.9 Å². The first-order valence-corrected chi connectivity index (χ1v) is 9.56. The molecule has 1 aliphatic heterocycles. The van der Waals surface area contributed by atoms with E-state index in [0.29, 0.717) is 24.5 Å². The fourth-order valence-electron chi connectivity index (χ4n) is 3.41. The first-order chi connectivity index (χ1) is 14.1. The first-order valence-electron chi connectivity index (χ1n) is 9.56. The van der Waals surface area contributed by atoms with Crippen LogP contribution in [0.2, 0.25) is 0 Å². The topological polar surface area (TPSA) is 86.5 Å². The number of benzene rings is 2. The summed E-state index contributed by atoms with van der Waals surface area (Å²) in [5.74, 6) is -0.227. The van der Waals surface area contributed by atoms with Gasteiger partial charge < -0.3 is 20.5 Å². The molecule has 3 aromatic rings. The molecule has 0 radical (unpaired) electrons. The number of anilines is 1. The van der Waals surface area contributed by atoms with Gasteiger partial charge in [-0.15, -0.1) is 0 Å². The van der Waals surface area contributed by atoms with Crippen molar-refractivity contribution in [3.05, 3.63) is 60.5 Å². The van der Waals surface area contributed by atoms with E-state index in [1.54, 1.807) is 18.3 Å². The maximum atomic E-state index is 14.6. The zero-order valence-corrected chi connectivity index (χ0v) is 15.8. The second-order valence-corrected chi connectivity index (χ2v) is 7.10. The molecule has 1 amide bonds. The van der Waals surface area contributed by atoms with Gasteiger partial charge >= 0.3 is 0 Å². The summed E-state index contributed by atoms with van der Waals surface area (Å²) in [6.07, 6.45) is 3.05. The second kappa shape index (κ2) is 8.55. The van der Waals surface area contributed by atoms with Gasteiger partial charge in [0.15, 0.2) is 11.6 Å². The van der Waals surface area contributed by atoms with E-state index in [4.69, 9.17) is 15.2 Å². The highest BCUT2D eigenvalue weighted by Crippen LogP contribution is 2.31. The van der Waals surface area contributed by atoms with Crippen molar-refractivity contribution in [3.63, 3.8) is 0 Å². The lowest BCUT2D eigenvalue weighted by molar-refractivity contribution is -0.120. The molecular formula is C22H22FN3O3. The number of para-hydroxylation sites is 1. The van der Waals surface area contributed by atoms with Crippen LogP contribution in [0, 0.1) is 5.82 Å². The predicted molar refractivity (Wildman–Crippen MR) is 108 cm³/mol. The summed E-state index contributed by atoms with van der Waals surface area (Å²) in [5, 5.41) is 3.49. The number of aromatic nitrogens is 1. The number of nitrogens with one attached hydrogen (secondary N) is 1. The molecule has 1 aliphatic rings. The minimum absolute atomic E-state index is 0.0553. The first kappa shape index (κ1) is 19.3. The number of pyridine rings is 1. The van der Waals surface area contributed by atoms with Crippen LogP contribution >= 0.6 is 0 Å². The van der Waals surface area contributed by atoms with Crippen LogP contribution < -0.4 is 15.8 Å². The Balaban J connectivity index is 1.43. The van der Waals surface area contributed by atoms with Crippen LogP contribution in [0.1, 0.15) is 19.3 Å². The number of amides is 1. The number of carbonyl (C=O) groups excluding carboxylic acids is 1. The van der Waals surface area contributed by atoms with Crippen LogP contribution in [0.15, 0.2) is 54.7 Å². The second-order valence-electron chi connectivity index (χ2n) is 7.10. The van der Waals surface area contributed by atoms with Crippen LogP contribution in [-0.4, -0.2) is 29.6 Å². The van der Waals surface area contributed by atoms with Crippen molar-refractivity contribution in [2.45, 2.75) is 31.4 Å². The molecule has 3 N–H and O–H groups in total. The minimum atomic E-state index is -0.570. The number of nitrogens with zero attached hydrogens (tertiary/aromatic N) is 1. The molecule has 7 heteroatoms. The van der Waals surface area contributed by atoms with Crippen molar-refractivity contribution >= 4 is 22.5 Å². The summed E-state index contributed by atoms with van der Waals surface area (Å²) in [6.45, 7) is 0.559. The van der Waals surface area contributed by atoms with Gasteiger partial charge in [0.2, 0.25) is 5.91 Å². The highest BCUT2D eigenvalue weighted by molar-refractivity contribution is 5.91. The van der Waals surface area contributed by atoms with Crippen LogP contribution in [0.5, 0.6) is 11.5 Å². The van der Waals surface area contributed by atoms with Gasteiger partial charge in [-0.1, -0.05) is 12.1 Å². The number of carbonyl (C=O) groups is 1. The molecule has 1 saturated heterocycles. The summed E-state index contributed by atoms with van der Waals surface area (Å²) in [4.78, 5) is 16.5. The van der Waals surface area contributed by atoms with Gasteiger partial charge in [0.05, 0.1) is 18.0 Å². The number of fused-ring (bicyclic) bond motifs is 1. The third-order valence-electron chi connectivity index (χ3n) is 4.87. The van der Waals surface area contributed by atoms with Crippen molar-refractivity contribution in [1.29, 1.82) is 0 Å². The molecule has 4 rings (SSSR count). The Labute approximate surface area is 167 Å². The van der Waals surface area contributed by atoms with Gasteiger partial charge in [0.25, 0.3) is 0 Å². The van der Waals surface area contributed by atoms with Gasteiger partial charge in [-0.25, -0.2) is 4.39 Å². The normalized spacial score (nSPS) is 19.1. The number of halogens is 1. The summed E-state index contributed by atoms with van der Waals surface area (Å²) < 4.78 is 25.9. The third kappa shape index (κ3) is 4.70. The van der Waals surface area contributed by atoms with E-state index in [2.05, 4.69) is 10.3 Å². The molecule has 1 fully saturated rings. The van der Waals surface area contributed by atoms with Crippen LogP contribution in [0.25, 0.3) is 10.9 Å². The van der Waals surface area contributed by atoms with Crippen LogP contribution in [0.4, 0.5) is 10.1 Å². The fourth-order valence-corrected chi connectivity index (χ4v) is 3.41. The highest BCUT2D eigenvalue weighted by atomic mass is 19.1. The molecule has 0 bridgehead atoms. The van der Waals surface area contributed by atoms with Crippen LogP contribution in [-0.2, 0) is 9.53 Å². The average Bonchev–Trinajstić information content (AvgIpc) is 2.70. The Kier molecular flexibility index (Phi) is 5.69. The zero-order chi connectivity index (χ0) is 20.2. The Morgan fingerprint density at radius 3 is 2.93 bits per heavy atom. The quantitative estimate of drug-likeness (QED) is 0.682. The van der Waals surface area contributed by atoms with Gasteiger partial charge in [-0.2, -0.15) is 0 Å². The Bertz CT molecular complexity index is 1020. The number of hydrogen-bond acceptors (Lipinski definition) is 5. The van der Waals surface area contributed by atoms with E-state index in [-0.39, 0.29) is 30.2 Å². The fraction of sp³-hybridized carbons (Fsp3) is 0.273. The maximum absolute atomic E-state index is 14.6. The summed E-state index contributed by atoms with van der Waals surface area (Å²) in [7, 11) is 0. The zero-order valence-electron chi connectivity index (χ0n) is 15.8. The number of hydrogen-bond donors (Lipinski definition) is 2. The van der Waals surface area contributed by atoms with Crippen molar-refractivity contribution in [3.8, 4) is 11.5 Å². The third-order valence-corrected chi connectivity index (χ3v) is 4.87. The molecule has 150 valence electrons. The molecule has 2 heterocycles. The SMILES string of the molecule is NC1CCOC(CC(=O)Nc2ccc(Oc3ccnc4ccccc34)c(F)c2)C1. The number of nitrogens with two attached hydrogens (primary N) is 1. The Morgan fingerprint density at radius 1 is 1.24 bits per heavy atom. The van der Waals surface area contributed by atoms with Gasteiger partial charge in [-0.05, 0) is 43.2 Å². The summed E-state index contributed by atoms with van der Waals surface area (Å²) in [6, 6.07) is 13.6. The van der Waals surface area contributed by atoms with E-state index >= 15 is 0 Å². The van der Waals surface area contributed by atoms with Gasteiger partial charge in [0, 0.05) is 36.0 Å². The van der Waals surface area contributed by atoms with E-state index < -0.39 is 5.82 Å². The molecule has 2 atom stereocenters. The van der Waals surface area contributed by atoms with Gasteiger partial charge in [-0.3, -0.25) is 9.78 Å². The standard InChI is InChI=1S/C22H22FN3O3/c23-18-12-15(26-22(27)13-16-11-14(24)8-10-28-16)5-6-21(18)29-20-7-9-25-19-4-2-1-3-17(19)20/h1-7,9,12,14,16H,8,10-11,13,24H2,(H,26,27). The maximum Gasteiger partial charge on any atom is 0.226 e. The number of rotatable bonds is 5. The molecule has 1 aromatic heterocycles. The average molecular weight is 395 g/mol. The lowest BCUT2D eigenvalue weighted by Crippen LogP contribution is -2.36. The van der Waals surface area contributed by atoms with E-state index in [1.807, 2.05) is 24.3 Å². The highest BCUT2D eigenvalue weighted by Gasteiger charge is 2.22. The molecule has 0 spiro atoms. The van der Waals surface area contributed by atoms with E-state index in [9.17, 15) is 9.18 Å². The summed E-state index contributed by atoms with van der Waals surface area (Å²) in [5.41, 5.74) is 7.03. The Morgan fingerprint density at radius 2 is 2.10 bits per heavy atom. The monoisotopic (exact) mass is 395 g/mol. The van der Waals surface area contributed by atoms with Crippen molar-refractivity contribution in [2.24, 2.45) is 5.73 Å². The lowest BCUT2D eigenvalue weighted by atomic mass is 10.0. The van der Waals surface area contributed by atoms with Crippen LogP contribution in [0.3, 0.4) is 0 Å². The molecule has 0 saturated carbocycles. The molecule has 29 heavy (non-hydrogen) atoms. The number of ether oxygens (including phenoxy) is 2. The molecule has 0 aliphatic carbocycles. The molecular weight excluding hydrogens is 373 g/mol. The molecule has 2 unspecified atom stereocenters. The van der Waals surface area contributed by atoms with Crippen molar-refractivity contribution < 1.29 is 18.7 Å². The Hall–Kier alpha value is -3.03. The van der Waals surface area contributed by atoms with E-state index in [1.165, 1.54) is 12.1 Å². The molecule has 2 aromatic carbocycles. The predicted octanol–water partition coefficient (Wildman–Crippen LogP) is 4.00.